The molecule has 26 heavy (non-hydrogen) atoms. The van der Waals surface area contributed by atoms with Crippen molar-refractivity contribution in [1.82, 2.24) is 19.5 Å². The van der Waals surface area contributed by atoms with Crippen LogP contribution in [0.2, 0.25) is 5.02 Å². The summed E-state index contributed by atoms with van der Waals surface area (Å²) < 4.78 is 10.7. The number of aromatic nitrogens is 2. The summed E-state index contributed by atoms with van der Waals surface area (Å²) in [6.07, 6.45) is 5.85. The van der Waals surface area contributed by atoms with Gasteiger partial charge in [-0.05, 0) is 38.1 Å². The third-order valence-corrected chi connectivity index (χ3v) is 5.69. The van der Waals surface area contributed by atoms with Gasteiger partial charge in [-0.3, -0.25) is 4.90 Å². The molecule has 4 aliphatic heterocycles. The average Bonchev–Trinajstić information content (AvgIpc) is 3.05. The van der Waals surface area contributed by atoms with Crippen LogP contribution >= 0.6 is 11.6 Å². The molecule has 1 atom stereocenters. The second kappa shape index (κ2) is 6.09. The summed E-state index contributed by atoms with van der Waals surface area (Å²) in [5, 5.41) is 3.87. The number of rotatable bonds is 2. The maximum Gasteiger partial charge on any atom is 0.554 e. The summed E-state index contributed by atoms with van der Waals surface area (Å²) in [7, 11) is 0. The first-order chi connectivity index (χ1) is 12.7. The molecule has 6 nitrogen and oxygen atoms in total. The summed E-state index contributed by atoms with van der Waals surface area (Å²) in [6.45, 7) is 3.26. The Hall–Kier alpha value is -2.40. The molecule has 1 spiro atoms. The lowest BCUT2D eigenvalue weighted by molar-refractivity contribution is -0.0474. The zero-order valence-corrected chi connectivity index (χ0v) is 15.0. The number of piperidine rings is 3. The quantitative estimate of drug-likeness (QED) is 0.823. The largest absolute Gasteiger partial charge is 0.554 e. The Kier molecular flexibility index (Phi) is 3.71. The molecule has 6 rings (SSSR count). The van der Waals surface area contributed by atoms with Crippen molar-refractivity contribution in [3.05, 3.63) is 41.7 Å². The number of fused-ring (bicyclic) bond motifs is 2. The molecule has 0 aliphatic carbocycles. The monoisotopic (exact) mass is 368 g/mol. The predicted molar refractivity (Wildman–Crippen MR) is 102 cm³/mol. The molecular formula is C19H19ClN5O+. The molecule has 4 aliphatic rings. The molecule has 3 fully saturated rings. The standard InChI is InChI=1S/C19H18ClN5O/c20-15-3-1-2-13(8-15)16-9-17(23-12-22-16)24-18-21-10-19(26-18)11-25-6-4-14(19)5-7-25/h1-3,8-10,12,14H,4-7,11H2/p+1. The molecule has 0 radical (unpaired) electrons. The third kappa shape index (κ3) is 2.76. The summed E-state index contributed by atoms with van der Waals surface area (Å²) in [4.78, 5) is 11.1. The van der Waals surface area contributed by atoms with Crippen LogP contribution in [-0.2, 0) is 4.74 Å². The van der Waals surface area contributed by atoms with Crippen molar-refractivity contribution >= 4 is 29.7 Å². The van der Waals surface area contributed by atoms with E-state index in [0.717, 1.165) is 17.8 Å². The summed E-state index contributed by atoms with van der Waals surface area (Å²) in [6, 6.07) is 9.98. The predicted octanol–water partition coefficient (Wildman–Crippen LogP) is 2.20. The lowest BCUT2D eigenvalue weighted by atomic mass is 9.76. The van der Waals surface area contributed by atoms with Gasteiger partial charge >= 0.3 is 6.02 Å². The van der Waals surface area contributed by atoms with Crippen molar-refractivity contribution in [2.24, 2.45) is 5.92 Å². The molecule has 132 valence electrons. The zero-order chi connectivity index (χ0) is 17.6. The van der Waals surface area contributed by atoms with Crippen molar-refractivity contribution in [3.8, 4) is 11.3 Å². The fraction of sp³-hybridized carbons (Fsp3) is 0.368. The fourth-order valence-electron chi connectivity index (χ4n) is 4.12. The topological polar surface area (TPSA) is 64.4 Å². The first-order valence-electron chi connectivity index (χ1n) is 8.89. The van der Waals surface area contributed by atoms with E-state index in [4.69, 9.17) is 16.3 Å². The first kappa shape index (κ1) is 15.8. The van der Waals surface area contributed by atoms with Gasteiger partial charge < -0.3 is 4.74 Å². The number of benzene rings is 1. The SMILES string of the molecule is Clc1cccc(-c2cc(NC3=[N+]=CC4(CN5CCC4CC5)O3)ncn2)c1. The number of halogens is 1. The number of nitrogens with zero attached hydrogens (tertiary/aromatic N) is 4. The Morgan fingerprint density at radius 3 is 2.88 bits per heavy atom. The van der Waals surface area contributed by atoms with Crippen LogP contribution in [-0.4, -0.2) is 52.3 Å². The van der Waals surface area contributed by atoms with Gasteiger partial charge in [0, 0.05) is 29.1 Å². The van der Waals surface area contributed by atoms with Crippen LogP contribution < -0.4 is 9.98 Å². The number of hydrogen-bond donors (Lipinski definition) is 1. The third-order valence-electron chi connectivity index (χ3n) is 5.46. The number of hydrogen-bond acceptors (Lipinski definition) is 5. The fourth-order valence-corrected chi connectivity index (χ4v) is 4.31. The van der Waals surface area contributed by atoms with E-state index >= 15 is 0 Å². The van der Waals surface area contributed by atoms with Gasteiger partial charge in [-0.1, -0.05) is 23.7 Å². The van der Waals surface area contributed by atoms with Crippen molar-refractivity contribution in [1.29, 1.82) is 0 Å². The van der Waals surface area contributed by atoms with Crippen LogP contribution in [0.1, 0.15) is 12.8 Å². The van der Waals surface area contributed by atoms with E-state index in [1.54, 1.807) is 0 Å². The molecule has 1 N–H and O–H groups in total. The Morgan fingerprint density at radius 2 is 2.12 bits per heavy atom. The molecule has 2 bridgehead atoms. The number of ether oxygens (including phenoxy) is 1. The van der Waals surface area contributed by atoms with Crippen LogP contribution in [0.3, 0.4) is 0 Å². The lowest BCUT2D eigenvalue weighted by Gasteiger charge is -2.47. The minimum Gasteiger partial charge on any atom is -0.401 e. The number of anilines is 1. The highest BCUT2D eigenvalue weighted by molar-refractivity contribution is 6.30. The van der Waals surface area contributed by atoms with E-state index in [0.29, 0.717) is 22.8 Å². The van der Waals surface area contributed by atoms with Crippen molar-refractivity contribution in [2.45, 2.75) is 18.4 Å². The van der Waals surface area contributed by atoms with Gasteiger partial charge in [0.15, 0.2) is 0 Å². The molecule has 7 heteroatoms. The lowest BCUT2D eigenvalue weighted by Crippen LogP contribution is -2.61. The van der Waals surface area contributed by atoms with Crippen molar-refractivity contribution in [2.75, 3.05) is 25.0 Å². The Labute approximate surface area is 156 Å². The summed E-state index contributed by atoms with van der Waals surface area (Å²) >= 11 is 6.08. The average molecular weight is 369 g/mol. The van der Waals surface area contributed by atoms with E-state index in [1.165, 1.54) is 32.3 Å². The van der Waals surface area contributed by atoms with E-state index in [9.17, 15) is 0 Å². The molecule has 1 unspecified atom stereocenters. The second-order valence-electron chi connectivity index (χ2n) is 7.09. The number of amidine groups is 1. The normalized spacial score (nSPS) is 28.9. The second-order valence-corrected chi connectivity index (χ2v) is 7.53. The molecule has 0 saturated carbocycles. The molecule has 0 amide bonds. The van der Waals surface area contributed by atoms with E-state index in [2.05, 4.69) is 24.9 Å². The van der Waals surface area contributed by atoms with Gasteiger partial charge in [-0.2, -0.15) is 15.0 Å². The van der Waals surface area contributed by atoms with E-state index in [-0.39, 0.29) is 5.60 Å². The van der Waals surface area contributed by atoms with Crippen LogP contribution in [0, 0.1) is 5.92 Å². The molecule has 1 aromatic carbocycles. The molecule has 3 saturated heterocycles. The van der Waals surface area contributed by atoms with Crippen LogP contribution in [0.15, 0.2) is 36.7 Å². The van der Waals surface area contributed by atoms with Gasteiger partial charge in [0.1, 0.15) is 6.33 Å². The van der Waals surface area contributed by atoms with Gasteiger partial charge in [0.05, 0.1) is 5.69 Å². The highest BCUT2D eigenvalue weighted by Crippen LogP contribution is 2.38. The van der Waals surface area contributed by atoms with Gasteiger partial charge in [-0.25, -0.2) is 4.98 Å². The molecular weight excluding hydrogens is 350 g/mol. The van der Waals surface area contributed by atoms with Gasteiger partial charge in [0.25, 0.3) is 0 Å². The minimum absolute atomic E-state index is 0.276. The Balaban J connectivity index is 1.34. The van der Waals surface area contributed by atoms with Crippen LogP contribution in [0.25, 0.3) is 11.3 Å². The van der Waals surface area contributed by atoms with E-state index in [1.807, 2.05) is 36.5 Å². The molecule has 2 aromatic rings. The van der Waals surface area contributed by atoms with Crippen LogP contribution in [0.5, 0.6) is 0 Å². The minimum atomic E-state index is -0.276. The molecule has 1 aromatic heterocycles. The summed E-state index contributed by atoms with van der Waals surface area (Å²) in [5.41, 5.74) is 1.46. The number of nitrogens with one attached hydrogen (secondary N) is 1. The van der Waals surface area contributed by atoms with Crippen molar-refractivity contribution in [3.63, 3.8) is 0 Å². The first-order valence-corrected chi connectivity index (χ1v) is 9.27. The smallest absolute Gasteiger partial charge is 0.401 e. The zero-order valence-electron chi connectivity index (χ0n) is 14.2. The van der Waals surface area contributed by atoms with E-state index < -0.39 is 0 Å². The van der Waals surface area contributed by atoms with Gasteiger partial charge in [-0.15, -0.1) is 0 Å². The Bertz CT molecular complexity index is 918. The highest BCUT2D eigenvalue weighted by Gasteiger charge is 2.54. The molecule has 5 heterocycles. The highest BCUT2D eigenvalue weighted by atomic mass is 35.5. The maximum atomic E-state index is 6.25. The van der Waals surface area contributed by atoms with Crippen molar-refractivity contribution < 1.29 is 4.74 Å². The van der Waals surface area contributed by atoms with Crippen LogP contribution in [0.4, 0.5) is 5.82 Å². The van der Waals surface area contributed by atoms with Gasteiger partial charge in [0.2, 0.25) is 17.6 Å². The maximum absolute atomic E-state index is 6.25. The summed E-state index contributed by atoms with van der Waals surface area (Å²) in [5.74, 6) is 1.20. The Morgan fingerprint density at radius 1 is 1.23 bits per heavy atom.